The fourth-order valence-electron chi connectivity index (χ4n) is 4.02. The highest BCUT2D eigenvalue weighted by Crippen LogP contribution is 2.33. The first-order chi connectivity index (χ1) is 15.2. The van der Waals surface area contributed by atoms with Gasteiger partial charge in [0.05, 0.1) is 0 Å². The van der Waals surface area contributed by atoms with Crippen molar-refractivity contribution in [2.45, 2.75) is 57.7 Å². The van der Waals surface area contributed by atoms with Gasteiger partial charge in [-0.05, 0) is 79.2 Å². The van der Waals surface area contributed by atoms with Crippen LogP contribution in [0.3, 0.4) is 0 Å². The van der Waals surface area contributed by atoms with Gasteiger partial charge in [0.15, 0.2) is 5.66 Å². The van der Waals surface area contributed by atoms with Crippen molar-refractivity contribution in [2.75, 3.05) is 18.4 Å². The zero-order chi connectivity index (χ0) is 22.8. The number of aliphatic imine (C=N–C) groups is 1. The third-order valence-electron chi connectivity index (χ3n) is 6.19. The molecule has 32 heavy (non-hydrogen) atoms. The van der Waals surface area contributed by atoms with Gasteiger partial charge >= 0.3 is 0 Å². The van der Waals surface area contributed by atoms with E-state index in [2.05, 4.69) is 54.9 Å². The van der Waals surface area contributed by atoms with Gasteiger partial charge in [0, 0.05) is 11.9 Å². The van der Waals surface area contributed by atoms with Crippen LogP contribution in [0.15, 0.2) is 65.3 Å². The van der Waals surface area contributed by atoms with Gasteiger partial charge in [-0.15, -0.1) is 0 Å². The average Bonchev–Trinajstić information content (AvgIpc) is 2.78. The van der Waals surface area contributed by atoms with Gasteiger partial charge in [0.2, 0.25) is 5.96 Å². The lowest BCUT2D eigenvalue weighted by Gasteiger charge is -2.32. The highest BCUT2D eigenvalue weighted by atomic mass is 16.5. The molecule has 170 valence electrons. The standard InChI is InChI=1S/C26H35N5O/c1-18-17-29-24(31-26(18,27)20-7-5-6-19(16-20)25(2,3)4)30-21-8-10-22(11-9-21)32-23-12-14-28-15-13-23/h5-11,16-17,23,28H,12-15,27H2,1-4H3,(H2,29,30,31). The van der Waals surface area contributed by atoms with E-state index in [4.69, 9.17) is 15.5 Å². The van der Waals surface area contributed by atoms with Crippen molar-refractivity contribution >= 4 is 11.6 Å². The molecule has 1 fully saturated rings. The molecule has 2 aromatic carbocycles. The fraction of sp³-hybridized carbons (Fsp3) is 0.423. The number of nitrogens with one attached hydrogen (secondary N) is 3. The SMILES string of the molecule is CC1=CNC(Nc2ccc(OC3CCNCC3)cc2)=NC1(N)c1cccc(C(C)(C)C)c1. The van der Waals surface area contributed by atoms with Crippen molar-refractivity contribution in [3.05, 3.63) is 71.4 Å². The molecule has 0 radical (unpaired) electrons. The van der Waals surface area contributed by atoms with Gasteiger partial charge in [-0.25, -0.2) is 4.99 Å². The maximum Gasteiger partial charge on any atom is 0.202 e. The third-order valence-corrected chi connectivity index (χ3v) is 6.19. The van der Waals surface area contributed by atoms with E-state index in [1.807, 2.05) is 43.5 Å². The summed E-state index contributed by atoms with van der Waals surface area (Å²) in [4.78, 5) is 4.87. The van der Waals surface area contributed by atoms with Gasteiger partial charge < -0.3 is 20.7 Å². The number of nitrogens with zero attached hydrogens (tertiary/aromatic N) is 1. The molecule has 0 aromatic heterocycles. The predicted molar refractivity (Wildman–Crippen MR) is 132 cm³/mol. The van der Waals surface area contributed by atoms with Crippen LogP contribution in [0.25, 0.3) is 0 Å². The zero-order valence-electron chi connectivity index (χ0n) is 19.5. The Morgan fingerprint density at radius 2 is 1.81 bits per heavy atom. The average molecular weight is 434 g/mol. The molecule has 2 heterocycles. The summed E-state index contributed by atoms with van der Waals surface area (Å²) >= 11 is 0. The van der Waals surface area contributed by atoms with Crippen LogP contribution >= 0.6 is 0 Å². The summed E-state index contributed by atoms with van der Waals surface area (Å²) < 4.78 is 6.10. The maximum absolute atomic E-state index is 6.85. The lowest BCUT2D eigenvalue weighted by atomic mass is 9.83. The zero-order valence-corrected chi connectivity index (χ0v) is 19.5. The second-order valence-electron chi connectivity index (χ2n) is 9.75. The summed E-state index contributed by atoms with van der Waals surface area (Å²) in [6.07, 6.45) is 4.30. The summed E-state index contributed by atoms with van der Waals surface area (Å²) in [6, 6.07) is 16.4. The fourth-order valence-corrected chi connectivity index (χ4v) is 4.02. The topological polar surface area (TPSA) is 83.7 Å². The summed E-state index contributed by atoms with van der Waals surface area (Å²) in [7, 11) is 0. The highest BCUT2D eigenvalue weighted by molar-refractivity contribution is 5.95. The van der Waals surface area contributed by atoms with Gasteiger partial charge in [-0.2, -0.15) is 0 Å². The summed E-state index contributed by atoms with van der Waals surface area (Å²) in [5.74, 6) is 1.51. The molecule has 0 aliphatic carbocycles. The van der Waals surface area contributed by atoms with Crippen molar-refractivity contribution in [1.82, 2.24) is 10.6 Å². The van der Waals surface area contributed by atoms with Gasteiger partial charge in [0.1, 0.15) is 11.9 Å². The number of ether oxygens (including phenoxy) is 1. The van der Waals surface area contributed by atoms with E-state index >= 15 is 0 Å². The van der Waals surface area contributed by atoms with E-state index in [9.17, 15) is 0 Å². The number of guanidine groups is 1. The smallest absolute Gasteiger partial charge is 0.202 e. The van der Waals surface area contributed by atoms with Crippen molar-refractivity contribution in [2.24, 2.45) is 10.7 Å². The Kier molecular flexibility index (Phi) is 6.26. The summed E-state index contributed by atoms with van der Waals surface area (Å²) in [5.41, 5.74) is 10.1. The molecular formula is C26H35N5O. The van der Waals surface area contributed by atoms with Crippen LogP contribution in [0.2, 0.25) is 0 Å². The van der Waals surface area contributed by atoms with Crippen LogP contribution in [-0.2, 0) is 11.1 Å². The van der Waals surface area contributed by atoms with Crippen LogP contribution in [0.5, 0.6) is 5.75 Å². The van der Waals surface area contributed by atoms with Crippen LogP contribution in [0.1, 0.15) is 51.7 Å². The van der Waals surface area contributed by atoms with Crippen molar-refractivity contribution in [3.8, 4) is 5.75 Å². The Hall–Kier alpha value is -2.83. The second kappa shape index (κ2) is 8.96. The monoisotopic (exact) mass is 433 g/mol. The largest absolute Gasteiger partial charge is 0.490 e. The van der Waals surface area contributed by atoms with Crippen LogP contribution in [0.4, 0.5) is 5.69 Å². The molecule has 1 atom stereocenters. The molecule has 0 bridgehead atoms. The number of benzene rings is 2. The van der Waals surface area contributed by atoms with Crippen LogP contribution in [-0.4, -0.2) is 25.2 Å². The molecule has 0 spiro atoms. The molecule has 6 heteroatoms. The lowest BCUT2D eigenvalue weighted by Crippen LogP contribution is -2.44. The summed E-state index contributed by atoms with van der Waals surface area (Å²) in [6.45, 7) is 10.6. The number of hydrogen-bond acceptors (Lipinski definition) is 6. The molecule has 2 aliphatic rings. The number of piperidine rings is 1. The molecule has 0 amide bonds. The normalized spacial score (nSPS) is 21.9. The molecule has 1 saturated heterocycles. The molecule has 1 unspecified atom stereocenters. The number of anilines is 1. The molecular weight excluding hydrogens is 398 g/mol. The second-order valence-corrected chi connectivity index (χ2v) is 9.75. The van der Waals surface area contributed by atoms with Crippen molar-refractivity contribution in [1.29, 1.82) is 0 Å². The quantitative estimate of drug-likeness (QED) is 0.581. The molecule has 0 saturated carbocycles. The van der Waals surface area contributed by atoms with Crippen molar-refractivity contribution in [3.63, 3.8) is 0 Å². The third kappa shape index (κ3) is 4.97. The molecule has 5 N–H and O–H groups in total. The first-order valence-electron chi connectivity index (χ1n) is 11.4. The van der Waals surface area contributed by atoms with Crippen LogP contribution in [0, 0.1) is 0 Å². The first kappa shape index (κ1) is 22.4. The minimum absolute atomic E-state index is 0.0413. The Balaban J connectivity index is 1.50. The van der Waals surface area contributed by atoms with Crippen LogP contribution < -0.4 is 26.4 Å². The number of nitrogens with two attached hydrogens (primary N) is 1. The number of rotatable bonds is 4. The van der Waals surface area contributed by atoms with E-state index in [0.717, 1.165) is 48.5 Å². The number of hydrogen-bond donors (Lipinski definition) is 4. The van der Waals surface area contributed by atoms with E-state index in [0.29, 0.717) is 5.96 Å². The van der Waals surface area contributed by atoms with Gasteiger partial charge in [-0.1, -0.05) is 45.0 Å². The van der Waals surface area contributed by atoms with E-state index in [1.54, 1.807) is 0 Å². The molecule has 2 aromatic rings. The molecule has 6 nitrogen and oxygen atoms in total. The Labute approximate surface area is 191 Å². The lowest BCUT2D eigenvalue weighted by molar-refractivity contribution is 0.162. The van der Waals surface area contributed by atoms with E-state index in [-0.39, 0.29) is 11.5 Å². The van der Waals surface area contributed by atoms with E-state index < -0.39 is 5.66 Å². The Morgan fingerprint density at radius 3 is 2.50 bits per heavy atom. The minimum Gasteiger partial charge on any atom is -0.490 e. The predicted octanol–water partition coefficient (Wildman–Crippen LogP) is 4.20. The summed E-state index contributed by atoms with van der Waals surface area (Å²) in [5, 5.41) is 9.94. The van der Waals surface area contributed by atoms with Crippen molar-refractivity contribution < 1.29 is 4.74 Å². The van der Waals surface area contributed by atoms with Gasteiger partial charge in [0.25, 0.3) is 0 Å². The molecule has 2 aliphatic heterocycles. The first-order valence-corrected chi connectivity index (χ1v) is 11.4. The maximum atomic E-state index is 6.85. The minimum atomic E-state index is -0.924. The van der Waals surface area contributed by atoms with Gasteiger partial charge in [-0.3, -0.25) is 5.73 Å². The Morgan fingerprint density at radius 1 is 1.09 bits per heavy atom. The Bertz CT molecular complexity index is 1000. The van der Waals surface area contributed by atoms with E-state index in [1.165, 1.54) is 5.56 Å². The highest BCUT2D eigenvalue weighted by Gasteiger charge is 2.33. The molecule has 4 rings (SSSR count).